The molecule has 0 amide bonds. The number of hydrogen-bond donors (Lipinski definition) is 1. The molecule has 1 aromatic carbocycles. The number of hydrogen-bond acceptors (Lipinski definition) is 4. The lowest BCUT2D eigenvalue weighted by atomic mass is 9.78. The number of ketones is 1. The molecule has 2 rings (SSSR count). The number of esters is 1. The van der Waals surface area contributed by atoms with Crippen molar-refractivity contribution in [3.05, 3.63) is 35.4 Å². The molecule has 0 spiro atoms. The van der Waals surface area contributed by atoms with Gasteiger partial charge in [0.1, 0.15) is 0 Å². The molecule has 25 heavy (non-hydrogen) atoms. The van der Waals surface area contributed by atoms with Crippen LogP contribution in [0.2, 0.25) is 0 Å². The molecule has 1 unspecified atom stereocenters. The third-order valence-corrected chi connectivity index (χ3v) is 5.18. The largest absolute Gasteiger partial charge is 0.465 e. The van der Waals surface area contributed by atoms with Crippen molar-refractivity contribution in [2.45, 2.75) is 52.4 Å². The van der Waals surface area contributed by atoms with Crippen LogP contribution >= 0.6 is 0 Å². The predicted molar refractivity (Wildman–Crippen MR) is 99.4 cm³/mol. The van der Waals surface area contributed by atoms with Crippen LogP contribution in [-0.2, 0) is 16.0 Å². The average molecular weight is 345 g/mol. The van der Waals surface area contributed by atoms with Crippen LogP contribution in [-0.4, -0.2) is 24.9 Å². The molecule has 0 radical (unpaired) electrons. The molecule has 4 heteroatoms. The van der Waals surface area contributed by atoms with E-state index < -0.39 is 0 Å². The molecule has 138 valence electrons. The Morgan fingerprint density at radius 3 is 2.36 bits per heavy atom. The minimum atomic E-state index is -0.167. The second kappa shape index (κ2) is 9.71. The summed E-state index contributed by atoms with van der Waals surface area (Å²) in [7, 11) is 0. The number of benzene rings is 1. The van der Waals surface area contributed by atoms with Gasteiger partial charge in [-0.25, -0.2) is 0 Å². The molecule has 1 aromatic rings. The highest BCUT2D eigenvalue weighted by atomic mass is 16.5. The number of ether oxygens (including phenoxy) is 1. The second-order valence-electron chi connectivity index (χ2n) is 7.29. The van der Waals surface area contributed by atoms with Gasteiger partial charge < -0.3 is 10.5 Å². The van der Waals surface area contributed by atoms with Crippen LogP contribution in [0.15, 0.2) is 24.3 Å². The lowest BCUT2D eigenvalue weighted by molar-refractivity contribution is -0.147. The molecule has 0 aliphatic heterocycles. The second-order valence-corrected chi connectivity index (χ2v) is 7.29. The van der Waals surface area contributed by atoms with Crippen LogP contribution < -0.4 is 5.73 Å². The van der Waals surface area contributed by atoms with Gasteiger partial charge in [-0.3, -0.25) is 9.59 Å². The number of nitrogens with two attached hydrogens (primary N) is 1. The Morgan fingerprint density at radius 1 is 1.16 bits per heavy atom. The highest BCUT2D eigenvalue weighted by molar-refractivity contribution is 5.97. The quantitative estimate of drug-likeness (QED) is 0.575. The summed E-state index contributed by atoms with van der Waals surface area (Å²) in [5.74, 6) is 0.646. The standard InChI is InChI=1S/C21H31NO3/c1-3-12-25-21(24)15(2)13-16-4-8-18(9-5-16)20(23)19-10-6-17(14-22)7-11-19/h4-5,8-9,15,17,19H,3,6-7,10-14,22H2,1-2H3. The van der Waals surface area contributed by atoms with Gasteiger partial charge in [-0.05, 0) is 56.6 Å². The summed E-state index contributed by atoms with van der Waals surface area (Å²) in [6.45, 7) is 5.07. The Bertz CT molecular complexity index is 559. The number of Topliss-reactive ketones (excluding diaryl/α,β-unsaturated/α-hetero) is 1. The topological polar surface area (TPSA) is 69.4 Å². The first-order valence-electron chi connectivity index (χ1n) is 9.55. The molecule has 0 bridgehead atoms. The maximum absolute atomic E-state index is 12.6. The van der Waals surface area contributed by atoms with E-state index in [1.165, 1.54) is 0 Å². The first-order valence-corrected chi connectivity index (χ1v) is 9.55. The first kappa shape index (κ1) is 19.6. The van der Waals surface area contributed by atoms with Crippen molar-refractivity contribution in [3.63, 3.8) is 0 Å². The molecule has 0 heterocycles. The zero-order valence-electron chi connectivity index (χ0n) is 15.5. The van der Waals surface area contributed by atoms with Crippen LogP contribution in [0.25, 0.3) is 0 Å². The van der Waals surface area contributed by atoms with Gasteiger partial charge in [0.05, 0.1) is 12.5 Å². The maximum Gasteiger partial charge on any atom is 0.308 e. The summed E-state index contributed by atoms with van der Waals surface area (Å²) in [6.07, 6.45) is 5.48. The maximum atomic E-state index is 12.6. The van der Waals surface area contributed by atoms with Gasteiger partial charge in [0.2, 0.25) is 0 Å². The van der Waals surface area contributed by atoms with Crippen LogP contribution in [0, 0.1) is 17.8 Å². The Labute approximate surface area is 151 Å². The number of carbonyl (C=O) groups is 2. The molecule has 2 N–H and O–H groups in total. The van der Waals surface area contributed by atoms with Crippen LogP contribution in [0.3, 0.4) is 0 Å². The monoisotopic (exact) mass is 345 g/mol. The van der Waals surface area contributed by atoms with Gasteiger partial charge in [-0.15, -0.1) is 0 Å². The summed E-state index contributed by atoms with van der Waals surface area (Å²) in [5.41, 5.74) is 7.56. The lowest BCUT2D eigenvalue weighted by Crippen LogP contribution is -2.25. The van der Waals surface area contributed by atoms with E-state index >= 15 is 0 Å². The van der Waals surface area contributed by atoms with Gasteiger partial charge >= 0.3 is 5.97 Å². The highest BCUT2D eigenvalue weighted by Crippen LogP contribution is 2.30. The summed E-state index contributed by atoms with van der Waals surface area (Å²) in [5, 5.41) is 0. The lowest BCUT2D eigenvalue weighted by Gasteiger charge is -2.26. The van der Waals surface area contributed by atoms with Crippen LogP contribution in [0.4, 0.5) is 0 Å². The zero-order chi connectivity index (χ0) is 18.2. The molecule has 1 saturated carbocycles. The van der Waals surface area contributed by atoms with Crippen LogP contribution in [0.5, 0.6) is 0 Å². The van der Waals surface area contributed by atoms with E-state index in [9.17, 15) is 9.59 Å². The van der Waals surface area contributed by atoms with Crippen molar-refractivity contribution in [3.8, 4) is 0 Å². The van der Waals surface area contributed by atoms with E-state index in [0.717, 1.165) is 49.8 Å². The third-order valence-electron chi connectivity index (χ3n) is 5.18. The minimum absolute atomic E-state index is 0.136. The molecule has 1 aliphatic carbocycles. The normalized spacial score (nSPS) is 21.6. The predicted octanol–water partition coefficient (Wildman–Crippen LogP) is 3.77. The molecule has 4 nitrogen and oxygen atoms in total. The Kier molecular flexibility index (Phi) is 7.63. The fourth-order valence-corrected chi connectivity index (χ4v) is 3.48. The SMILES string of the molecule is CCCOC(=O)C(C)Cc1ccc(C(=O)C2CCC(CN)CC2)cc1. The zero-order valence-corrected chi connectivity index (χ0v) is 15.5. The molecule has 1 fully saturated rings. The van der Waals surface area contributed by atoms with Crippen molar-refractivity contribution in [1.29, 1.82) is 0 Å². The first-order chi connectivity index (χ1) is 12.0. The van der Waals surface area contributed by atoms with Crippen molar-refractivity contribution >= 4 is 11.8 Å². The smallest absolute Gasteiger partial charge is 0.308 e. The van der Waals surface area contributed by atoms with Gasteiger partial charge in [-0.2, -0.15) is 0 Å². The molecule has 1 atom stereocenters. The Morgan fingerprint density at radius 2 is 1.80 bits per heavy atom. The van der Waals surface area contributed by atoms with E-state index in [4.69, 9.17) is 10.5 Å². The highest BCUT2D eigenvalue weighted by Gasteiger charge is 2.26. The van der Waals surface area contributed by atoms with Crippen molar-refractivity contribution < 1.29 is 14.3 Å². The summed E-state index contributed by atoms with van der Waals surface area (Å²) >= 11 is 0. The van der Waals surface area contributed by atoms with Gasteiger partial charge in [0, 0.05) is 11.5 Å². The Balaban J connectivity index is 1.89. The van der Waals surface area contributed by atoms with E-state index in [1.807, 2.05) is 38.1 Å². The summed E-state index contributed by atoms with van der Waals surface area (Å²) in [6, 6.07) is 7.72. The van der Waals surface area contributed by atoms with E-state index in [1.54, 1.807) is 0 Å². The average Bonchev–Trinajstić information content (AvgIpc) is 2.66. The fourth-order valence-electron chi connectivity index (χ4n) is 3.48. The molecule has 0 aromatic heterocycles. The molecular formula is C21H31NO3. The molecular weight excluding hydrogens is 314 g/mol. The van der Waals surface area contributed by atoms with Gasteiger partial charge in [-0.1, -0.05) is 38.1 Å². The van der Waals surface area contributed by atoms with Gasteiger partial charge in [0.15, 0.2) is 5.78 Å². The summed E-state index contributed by atoms with van der Waals surface area (Å²) in [4.78, 5) is 24.5. The Hall–Kier alpha value is -1.68. The summed E-state index contributed by atoms with van der Waals surface area (Å²) < 4.78 is 5.18. The minimum Gasteiger partial charge on any atom is -0.465 e. The van der Waals surface area contributed by atoms with Crippen LogP contribution in [0.1, 0.15) is 61.9 Å². The number of carbonyl (C=O) groups excluding carboxylic acids is 2. The van der Waals surface area contributed by atoms with Gasteiger partial charge in [0.25, 0.3) is 0 Å². The van der Waals surface area contributed by atoms with Crippen molar-refractivity contribution in [1.82, 2.24) is 0 Å². The fraction of sp³-hybridized carbons (Fsp3) is 0.619. The van der Waals surface area contributed by atoms with E-state index in [0.29, 0.717) is 18.9 Å². The third kappa shape index (κ3) is 5.67. The molecule has 1 aliphatic rings. The van der Waals surface area contributed by atoms with Crippen molar-refractivity contribution in [2.24, 2.45) is 23.5 Å². The molecule has 0 saturated heterocycles. The van der Waals surface area contributed by atoms with Crippen molar-refractivity contribution in [2.75, 3.05) is 13.2 Å². The van der Waals surface area contributed by atoms with E-state index in [-0.39, 0.29) is 23.6 Å². The van der Waals surface area contributed by atoms with E-state index in [2.05, 4.69) is 0 Å². The number of rotatable bonds is 8.